The van der Waals surface area contributed by atoms with Crippen molar-refractivity contribution < 1.29 is 24.9 Å². The first-order valence-electron chi connectivity index (χ1n) is 3.40. The van der Waals surface area contributed by atoms with Gasteiger partial charge in [-0.3, -0.25) is 9.59 Å². The van der Waals surface area contributed by atoms with Crippen LogP contribution in [0, 0.1) is 0 Å². The van der Waals surface area contributed by atoms with Crippen molar-refractivity contribution in [3.8, 4) is 0 Å². The third-order valence-electron chi connectivity index (χ3n) is 0.903. The van der Waals surface area contributed by atoms with Crippen molar-refractivity contribution in [1.29, 1.82) is 0 Å². The highest BCUT2D eigenvalue weighted by Gasteiger charge is 2.07. The summed E-state index contributed by atoms with van der Waals surface area (Å²) >= 11 is 0. The van der Waals surface area contributed by atoms with E-state index < -0.39 is 30.6 Å². The Bertz CT molecular complexity index is 170. The summed E-state index contributed by atoms with van der Waals surface area (Å²) in [5, 5.41) is 23.8. The van der Waals surface area contributed by atoms with Crippen LogP contribution in [0.15, 0.2) is 0 Å². The highest BCUT2D eigenvalue weighted by Crippen LogP contribution is 1.71. The molecule has 0 bridgehead atoms. The average Bonchev–Trinajstić information content (AvgIpc) is 2.03. The predicted molar refractivity (Wildman–Crippen MR) is 44.0 cm³/mol. The summed E-state index contributed by atoms with van der Waals surface area (Å²) in [5.74, 6) is -2.14. The minimum absolute atomic E-state index is 0.505. The number of carbonyl (C=O) groups is 2. The fraction of sp³-hybridized carbons (Fsp3) is 0.667. The molecule has 0 unspecified atom stereocenters. The van der Waals surface area contributed by atoms with E-state index in [1.165, 1.54) is 6.92 Å². The molecule has 0 heterocycles. The smallest absolute Gasteiger partial charge is 0.322 e. The SMILES string of the molecule is C[C@@H](N)C(=O)O.N[C@H](CO)C(=O)O. The van der Waals surface area contributed by atoms with Crippen LogP contribution in [-0.2, 0) is 9.59 Å². The van der Waals surface area contributed by atoms with E-state index in [-0.39, 0.29) is 0 Å². The molecule has 0 aliphatic rings. The van der Waals surface area contributed by atoms with Crippen LogP contribution in [0.5, 0.6) is 0 Å². The maximum absolute atomic E-state index is 9.65. The van der Waals surface area contributed by atoms with Crippen molar-refractivity contribution in [3.63, 3.8) is 0 Å². The highest BCUT2D eigenvalue weighted by molar-refractivity contribution is 5.73. The zero-order valence-electron chi connectivity index (χ0n) is 7.17. The van der Waals surface area contributed by atoms with E-state index in [9.17, 15) is 9.59 Å². The lowest BCUT2D eigenvalue weighted by molar-refractivity contribution is -0.139. The molecular weight excluding hydrogens is 180 g/mol. The van der Waals surface area contributed by atoms with Gasteiger partial charge in [0.2, 0.25) is 0 Å². The number of hydrogen-bond donors (Lipinski definition) is 5. The Morgan fingerprint density at radius 3 is 1.54 bits per heavy atom. The second-order valence-corrected chi connectivity index (χ2v) is 2.25. The average molecular weight is 194 g/mol. The topological polar surface area (TPSA) is 147 Å². The molecule has 7 nitrogen and oxygen atoms in total. The standard InChI is InChI=1S/C3H7NO3.C3H7NO2/c4-2(1-5)3(6)7;1-2(4)3(5)6/h2,5H,1,4H2,(H,6,7);2H,4H2,1H3,(H,5,6)/t2*2-/m11/s1. The van der Waals surface area contributed by atoms with Gasteiger partial charge in [-0.1, -0.05) is 0 Å². The van der Waals surface area contributed by atoms with Gasteiger partial charge in [-0.25, -0.2) is 0 Å². The van der Waals surface area contributed by atoms with Crippen LogP contribution in [0.2, 0.25) is 0 Å². The second kappa shape index (κ2) is 7.47. The Hall–Kier alpha value is -1.18. The van der Waals surface area contributed by atoms with Gasteiger partial charge in [0.25, 0.3) is 0 Å². The summed E-state index contributed by atoms with van der Waals surface area (Å²) in [6.07, 6.45) is 0. The Kier molecular flexibility index (Phi) is 8.24. The zero-order valence-corrected chi connectivity index (χ0v) is 7.17. The lowest BCUT2D eigenvalue weighted by Crippen LogP contribution is -2.33. The van der Waals surface area contributed by atoms with Gasteiger partial charge in [-0.05, 0) is 6.92 Å². The predicted octanol–water partition coefficient (Wildman–Crippen LogP) is -2.19. The molecule has 0 aromatic heterocycles. The molecule has 0 radical (unpaired) electrons. The lowest BCUT2D eigenvalue weighted by atomic mass is 10.3. The molecule has 0 rings (SSSR count). The van der Waals surface area contributed by atoms with Crippen molar-refractivity contribution >= 4 is 11.9 Å². The molecule has 0 aromatic rings. The second-order valence-electron chi connectivity index (χ2n) is 2.25. The summed E-state index contributed by atoms with van der Waals surface area (Å²) < 4.78 is 0. The molecule has 78 valence electrons. The first-order chi connectivity index (χ1) is 5.82. The maximum Gasteiger partial charge on any atom is 0.322 e. The number of carboxylic acid groups (broad SMARTS) is 2. The largest absolute Gasteiger partial charge is 0.480 e. The molecule has 2 atom stereocenters. The number of aliphatic hydroxyl groups is 1. The van der Waals surface area contributed by atoms with Crippen molar-refractivity contribution in [1.82, 2.24) is 0 Å². The normalized spacial score (nSPS) is 13.5. The quantitative estimate of drug-likeness (QED) is 0.342. The summed E-state index contributed by atoms with van der Waals surface area (Å²) in [6.45, 7) is 0.914. The third kappa shape index (κ3) is 10.8. The van der Waals surface area contributed by atoms with E-state index in [1.54, 1.807) is 0 Å². The third-order valence-corrected chi connectivity index (χ3v) is 0.903. The van der Waals surface area contributed by atoms with Gasteiger partial charge in [-0.2, -0.15) is 0 Å². The van der Waals surface area contributed by atoms with E-state index in [1.807, 2.05) is 0 Å². The molecule has 0 aromatic carbocycles. The lowest BCUT2D eigenvalue weighted by Gasteiger charge is -1.96. The van der Waals surface area contributed by atoms with E-state index in [0.717, 1.165) is 0 Å². The van der Waals surface area contributed by atoms with E-state index in [0.29, 0.717) is 0 Å². The van der Waals surface area contributed by atoms with Crippen LogP contribution >= 0.6 is 0 Å². The Labute approximate surface area is 75.0 Å². The van der Waals surface area contributed by atoms with Crippen LogP contribution < -0.4 is 11.5 Å². The molecule has 0 fully saturated rings. The fourth-order valence-corrected chi connectivity index (χ4v) is 0.0781. The fourth-order valence-electron chi connectivity index (χ4n) is 0.0781. The Morgan fingerprint density at radius 1 is 1.23 bits per heavy atom. The van der Waals surface area contributed by atoms with Gasteiger partial charge in [0.05, 0.1) is 6.61 Å². The van der Waals surface area contributed by atoms with Gasteiger partial charge < -0.3 is 26.8 Å². The van der Waals surface area contributed by atoms with Gasteiger partial charge >= 0.3 is 11.9 Å². The van der Waals surface area contributed by atoms with E-state index >= 15 is 0 Å². The summed E-state index contributed by atoms with van der Waals surface area (Å²) in [4.78, 5) is 19.2. The van der Waals surface area contributed by atoms with Crippen LogP contribution in [0.25, 0.3) is 0 Å². The Morgan fingerprint density at radius 2 is 1.54 bits per heavy atom. The maximum atomic E-state index is 9.65. The van der Waals surface area contributed by atoms with Crippen LogP contribution in [0.4, 0.5) is 0 Å². The van der Waals surface area contributed by atoms with Crippen molar-refractivity contribution in [2.24, 2.45) is 11.5 Å². The van der Waals surface area contributed by atoms with Gasteiger partial charge in [0, 0.05) is 0 Å². The molecule has 0 amide bonds. The zero-order chi connectivity index (χ0) is 11.0. The molecule has 0 spiro atoms. The molecule has 7 N–H and O–H groups in total. The molecule has 0 aliphatic carbocycles. The number of rotatable bonds is 3. The molecule has 13 heavy (non-hydrogen) atoms. The molecule has 0 saturated carbocycles. The first-order valence-corrected chi connectivity index (χ1v) is 3.40. The molecule has 0 aliphatic heterocycles. The van der Waals surface area contributed by atoms with Crippen LogP contribution in [-0.4, -0.2) is 45.9 Å². The monoisotopic (exact) mass is 194 g/mol. The van der Waals surface area contributed by atoms with Crippen molar-refractivity contribution in [3.05, 3.63) is 0 Å². The van der Waals surface area contributed by atoms with Crippen LogP contribution in [0.3, 0.4) is 0 Å². The van der Waals surface area contributed by atoms with Crippen LogP contribution in [0.1, 0.15) is 6.92 Å². The molecule has 0 saturated heterocycles. The molecular formula is C6H14N2O5. The first kappa shape index (κ1) is 14.3. The van der Waals surface area contributed by atoms with Gasteiger partial charge in [0.1, 0.15) is 12.1 Å². The van der Waals surface area contributed by atoms with Gasteiger partial charge in [0.15, 0.2) is 0 Å². The molecule has 7 heteroatoms. The number of hydrogen-bond acceptors (Lipinski definition) is 5. The summed E-state index contributed by atoms with van der Waals surface area (Å²) in [6, 6.07) is -1.86. The number of nitrogens with two attached hydrogens (primary N) is 2. The number of carboxylic acids is 2. The minimum atomic E-state index is -1.18. The van der Waals surface area contributed by atoms with Crippen molar-refractivity contribution in [2.75, 3.05) is 6.61 Å². The van der Waals surface area contributed by atoms with Gasteiger partial charge in [-0.15, -0.1) is 0 Å². The highest BCUT2D eigenvalue weighted by atomic mass is 16.4. The van der Waals surface area contributed by atoms with Crippen molar-refractivity contribution in [2.45, 2.75) is 19.0 Å². The number of aliphatic carboxylic acids is 2. The minimum Gasteiger partial charge on any atom is -0.480 e. The van der Waals surface area contributed by atoms with E-state index in [4.69, 9.17) is 26.8 Å². The Balaban J connectivity index is 0. The summed E-state index contributed by atoms with van der Waals surface area (Å²) in [5.41, 5.74) is 9.60. The number of aliphatic hydroxyl groups excluding tert-OH is 1. The van der Waals surface area contributed by atoms with E-state index in [2.05, 4.69) is 0 Å². The summed E-state index contributed by atoms with van der Waals surface area (Å²) in [7, 11) is 0.